The van der Waals surface area contributed by atoms with Crippen molar-refractivity contribution in [3.63, 3.8) is 0 Å². The van der Waals surface area contributed by atoms with E-state index < -0.39 is 6.03 Å². The van der Waals surface area contributed by atoms with E-state index in [1.165, 1.54) is 33.5 Å². The van der Waals surface area contributed by atoms with Crippen LogP contribution in [0, 0.1) is 0 Å². The first-order valence-corrected chi connectivity index (χ1v) is 4.82. The van der Waals surface area contributed by atoms with E-state index in [0.717, 1.165) is 0 Å². The quantitative estimate of drug-likeness (QED) is 0.504. The largest absolute Gasteiger partial charge is 0.493 e. The molecule has 0 aliphatic carbocycles. The highest BCUT2D eigenvalue weighted by molar-refractivity contribution is 5.90. The van der Waals surface area contributed by atoms with Crippen LogP contribution in [0.25, 0.3) is 10.4 Å². The number of rotatable bonds is 4. The number of carbonyl (C=O) groups excluding carboxylic acids is 1. The molecule has 0 heterocycles. The lowest BCUT2D eigenvalue weighted by atomic mass is 10.2. The molecule has 18 heavy (non-hydrogen) atoms. The van der Waals surface area contributed by atoms with Crippen molar-refractivity contribution in [3.8, 4) is 17.2 Å². The lowest BCUT2D eigenvalue weighted by Crippen LogP contribution is -2.06. The van der Waals surface area contributed by atoms with Gasteiger partial charge in [0.25, 0.3) is 0 Å². The third-order valence-electron chi connectivity index (χ3n) is 2.05. The first-order valence-electron chi connectivity index (χ1n) is 4.82. The summed E-state index contributed by atoms with van der Waals surface area (Å²) in [5.74, 6) is 1.17. The maximum atomic E-state index is 11.1. The number of methoxy groups -OCH3 is 3. The van der Waals surface area contributed by atoms with Crippen LogP contribution in [-0.4, -0.2) is 27.4 Å². The Labute approximate surface area is 103 Å². The number of ether oxygens (including phenoxy) is 3. The highest BCUT2D eigenvalue weighted by Gasteiger charge is 2.13. The summed E-state index contributed by atoms with van der Waals surface area (Å²) < 4.78 is 15.3. The Bertz CT molecular complexity index is 472. The fourth-order valence-corrected chi connectivity index (χ4v) is 1.34. The highest BCUT2D eigenvalue weighted by atomic mass is 16.5. The van der Waals surface area contributed by atoms with Crippen molar-refractivity contribution in [3.05, 3.63) is 22.6 Å². The van der Waals surface area contributed by atoms with Gasteiger partial charge < -0.3 is 19.5 Å². The summed E-state index contributed by atoms with van der Waals surface area (Å²) in [5, 5.41) is 5.26. The van der Waals surface area contributed by atoms with Crippen LogP contribution in [0.4, 0.5) is 10.5 Å². The molecular weight excluding hydrogens is 240 g/mol. The van der Waals surface area contributed by atoms with E-state index in [-0.39, 0.29) is 0 Å². The van der Waals surface area contributed by atoms with Crippen LogP contribution in [0.3, 0.4) is 0 Å². The number of nitrogens with zero attached hydrogens (tertiary/aromatic N) is 3. The van der Waals surface area contributed by atoms with E-state index in [1.807, 2.05) is 0 Å². The summed E-state index contributed by atoms with van der Waals surface area (Å²) in [5.41, 5.74) is 8.49. The van der Waals surface area contributed by atoms with E-state index >= 15 is 0 Å². The van der Waals surface area contributed by atoms with Crippen LogP contribution in [0.1, 0.15) is 0 Å². The van der Waals surface area contributed by atoms with Crippen molar-refractivity contribution < 1.29 is 19.0 Å². The molecule has 1 N–H and O–H groups in total. The highest BCUT2D eigenvalue weighted by Crippen LogP contribution is 2.39. The molecule has 0 aromatic heterocycles. The number of hydrogen-bond acceptors (Lipinski definition) is 4. The van der Waals surface area contributed by atoms with Gasteiger partial charge in [0.2, 0.25) is 5.75 Å². The minimum absolute atomic E-state index is 0.363. The number of anilines is 1. The van der Waals surface area contributed by atoms with Crippen LogP contribution in [0.5, 0.6) is 17.2 Å². The van der Waals surface area contributed by atoms with Crippen LogP contribution >= 0.6 is 0 Å². The van der Waals surface area contributed by atoms with Crippen LogP contribution < -0.4 is 19.5 Å². The van der Waals surface area contributed by atoms with E-state index in [1.54, 1.807) is 0 Å². The van der Waals surface area contributed by atoms with Gasteiger partial charge in [0.15, 0.2) is 11.5 Å². The van der Waals surface area contributed by atoms with Gasteiger partial charge in [-0.05, 0) is 5.53 Å². The summed E-state index contributed by atoms with van der Waals surface area (Å²) >= 11 is 0. The zero-order chi connectivity index (χ0) is 13.5. The van der Waals surface area contributed by atoms with Gasteiger partial charge in [0.05, 0.1) is 21.3 Å². The van der Waals surface area contributed by atoms with Gasteiger partial charge >= 0.3 is 6.03 Å². The average molecular weight is 252 g/mol. The second kappa shape index (κ2) is 6.21. The van der Waals surface area contributed by atoms with Gasteiger partial charge in [-0.25, -0.2) is 0 Å². The molecule has 0 spiro atoms. The molecule has 8 heteroatoms. The molecule has 1 aromatic carbocycles. The molecule has 0 radical (unpaired) electrons. The van der Waals surface area contributed by atoms with E-state index in [9.17, 15) is 4.79 Å². The van der Waals surface area contributed by atoms with Crippen molar-refractivity contribution >= 4 is 11.7 Å². The standard InChI is InChI=1S/C10H12N4O4/c1-16-7-4-6(12-10(15)13-14-11)5-8(17-2)9(7)18-3/h4-5H,1-3H3,(H,12,15). The molecule has 0 bridgehead atoms. The van der Waals surface area contributed by atoms with Gasteiger partial charge in [-0.1, -0.05) is 0 Å². The number of amides is 2. The molecule has 96 valence electrons. The van der Waals surface area contributed by atoms with Gasteiger partial charge in [0.1, 0.15) is 0 Å². The number of urea groups is 1. The molecule has 0 aliphatic rings. The lowest BCUT2D eigenvalue weighted by molar-refractivity contribution is 0.259. The zero-order valence-corrected chi connectivity index (χ0v) is 10.1. The van der Waals surface area contributed by atoms with Crippen LogP contribution in [-0.2, 0) is 0 Å². The zero-order valence-electron chi connectivity index (χ0n) is 10.1. The molecule has 0 unspecified atom stereocenters. The van der Waals surface area contributed by atoms with E-state index in [2.05, 4.69) is 15.3 Å². The summed E-state index contributed by atoms with van der Waals surface area (Å²) in [4.78, 5) is 13.5. The lowest BCUT2D eigenvalue weighted by Gasteiger charge is -2.13. The van der Waals surface area contributed by atoms with Crippen LogP contribution in [0.2, 0.25) is 0 Å². The summed E-state index contributed by atoms with van der Waals surface area (Å²) in [6, 6.07) is 2.21. The maximum absolute atomic E-state index is 11.1. The fraction of sp³-hybridized carbons (Fsp3) is 0.300. The van der Waals surface area contributed by atoms with Crippen molar-refractivity contribution in [2.45, 2.75) is 0 Å². The second-order valence-electron chi connectivity index (χ2n) is 3.03. The van der Waals surface area contributed by atoms with Crippen molar-refractivity contribution in [2.24, 2.45) is 5.11 Å². The average Bonchev–Trinajstić information content (AvgIpc) is 2.37. The second-order valence-corrected chi connectivity index (χ2v) is 3.03. The first-order chi connectivity index (χ1) is 8.65. The number of carbonyl (C=O) groups is 1. The third-order valence-corrected chi connectivity index (χ3v) is 2.05. The van der Waals surface area contributed by atoms with Gasteiger partial charge in [-0.2, -0.15) is 0 Å². The molecule has 8 nitrogen and oxygen atoms in total. The SMILES string of the molecule is COc1cc(NC(=O)N=[N+]=[N-])cc(OC)c1OC. The molecule has 0 saturated heterocycles. The molecule has 1 rings (SSSR count). The number of hydrogen-bond donors (Lipinski definition) is 1. The van der Waals surface area contributed by atoms with Crippen LogP contribution in [0.15, 0.2) is 17.2 Å². The Morgan fingerprint density at radius 1 is 1.22 bits per heavy atom. The maximum Gasteiger partial charge on any atom is 0.312 e. The monoisotopic (exact) mass is 252 g/mol. The molecule has 0 saturated carbocycles. The summed E-state index contributed by atoms with van der Waals surface area (Å²) in [6.07, 6.45) is 0. The summed E-state index contributed by atoms with van der Waals surface area (Å²) in [6.45, 7) is 0. The third kappa shape index (κ3) is 2.96. The molecular formula is C10H12N4O4. The first kappa shape index (κ1) is 13.5. The Kier molecular flexibility index (Phi) is 4.65. The van der Waals surface area contributed by atoms with Gasteiger partial charge in [-0.15, -0.1) is 0 Å². The normalized spacial score (nSPS) is 9.06. The van der Waals surface area contributed by atoms with Gasteiger partial charge in [-0.3, -0.25) is 4.79 Å². The van der Waals surface area contributed by atoms with Crippen molar-refractivity contribution in [1.82, 2.24) is 0 Å². The van der Waals surface area contributed by atoms with Crippen molar-refractivity contribution in [2.75, 3.05) is 26.6 Å². The predicted molar refractivity (Wildman–Crippen MR) is 64.3 cm³/mol. The molecule has 1 aromatic rings. The Morgan fingerprint density at radius 3 is 2.17 bits per heavy atom. The number of azide groups is 1. The molecule has 0 fully saturated rings. The molecule has 2 amide bonds. The fourth-order valence-electron chi connectivity index (χ4n) is 1.34. The smallest absolute Gasteiger partial charge is 0.312 e. The Morgan fingerprint density at radius 2 is 1.78 bits per heavy atom. The minimum Gasteiger partial charge on any atom is -0.493 e. The summed E-state index contributed by atoms with van der Waals surface area (Å²) in [7, 11) is 4.38. The minimum atomic E-state index is -0.827. The molecule has 0 atom stereocenters. The Balaban J connectivity index is 3.14. The number of benzene rings is 1. The van der Waals surface area contributed by atoms with E-state index in [0.29, 0.717) is 22.9 Å². The van der Waals surface area contributed by atoms with Crippen molar-refractivity contribution in [1.29, 1.82) is 0 Å². The predicted octanol–water partition coefficient (Wildman–Crippen LogP) is 2.55. The Hall–Kier alpha value is -2.60. The van der Waals surface area contributed by atoms with Gasteiger partial charge in [0, 0.05) is 27.8 Å². The number of nitrogens with one attached hydrogen (secondary N) is 1. The topological polar surface area (TPSA) is 106 Å². The molecule has 0 aliphatic heterocycles. The van der Waals surface area contributed by atoms with E-state index in [4.69, 9.17) is 19.7 Å².